The molecule has 0 radical (unpaired) electrons. The number of ether oxygens (including phenoxy) is 1. The van der Waals surface area contributed by atoms with E-state index in [9.17, 15) is 14.4 Å². The third-order valence-electron chi connectivity index (χ3n) is 4.36. The molecule has 0 unspecified atom stereocenters. The number of rotatable bonds is 4. The van der Waals surface area contributed by atoms with Gasteiger partial charge < -0.3 is 10.1 Å². The molecule has 7 nitrogen and oxygen atoms in total. The van der Waals surface area contributed by atoms with Crippen LogP contribution in [0.15, 0.2) is 24.3 Å². The van der Waals surface area contributed by atoms with Gasteiger partial charge in [-0.2, -0.15) is 0 Å². The number of benzene rings is 1. The van der Waals surface area contributed by atoms with E-state index in [2.05, 4.69) is 10.6 Å². The van der Waals surface area contributed by atoms with Crippen molar-refractivity contribution in [2.45, 2.75) is 44.3 Å². The highest BCUT2D eigenvalue weighted by Crippen LogP contribution is 2.25. The fourth-order valence-electron chi connectivity index (χ4n) is 3.11. The first-order valence-corrected chi connectivity index (χ1v) is 8.15. The average Bonchev–Trinajstić information content (AvgIpc) is 2.73. The minimum absolute atomic E-state index is 0.0196. The van der Waals surface area contributed by atoms with Crippen molar-refractivity contribution in [3.8, 4) is 5.75 Å². The predicted molar refractivity (Wildman–Crippen MR) is 87.4 cm³/mol. The molecule has 0 aliphatic carbocycles. The Morgan fingerprint density at radius 2 is 1.92 bits per heavy atom. The summed E-state index contributed by atoms with van der Waals surface area (Å²) in [6.45, 7) is 0. The van der Waals surface area contributed by atoms with Crippen LogP contribution < -0.4 is 20.3 Å². The number of nitrogens with zero attached hydrogens (tertiary/aromatic N) is 1. The minimum atomic E-state index is -0.608. The number of nitrogens with one attached hydrogen (secondary N) is 2. The zero-order chi connectivity index (χ0) is 17.1. The van der Waals surface area contributed by atoms with Gasteiger partial charge in [-0.25, -0.2) is 4.90 Å². The van der Waals surface area contributed by atoms with Crippen LogP contribution in [0.3, 0.4) is 0 Å². The fourth-order valence-corrected chi connectivity index (χ4v) is 3.11. The van der Waals surface area contributed by atoms with Crippen LogP contribution in [-0.4, -0.2) is 37.0 Å². The smallest absolute Gasteiger partial charge is 0.251 e. The Balaban J connectivity index is 1.70. The van der Waals surface area contributed by atoms with Gasteiger partial charge in [-0.1, -0.05) is 0 Å². The second kappa shape index (κ2) is 7.00. The van der Waals surface area contributed by atoms with E-state index in [4.69, 9.17) is 4.74 Å². The summed E-state index contributed by atoms with van der Waals surface area (Å²) in [5.41, 5.74) is 0.528. The van der Waals surface area contributed by atoms with Crippen LogP contribution in [0.1, 0.15) is 32.1 Å². The number of amides is 3. The van der Waals surface area contributed by atoms with E-state index in [0.29, 0.717) is 17.9 Å². The minimum Gasteiger partial charge on any atom is -0.497 e. The van der Waals surface area contributed by atoms with E-state index in [1.165, 1.54) is 4.90 Å². The highest BCUT2D eigenvalue weighted by molar-refractivity contribution is 6.22. The molecule has 2 heterocycles. The maximum atomic E-state index is 12.6. The van der Waals surface area contributed by atoms with Crippen molar-refractivity contribution in [3.63, 3.8) is 0 Å². The third kappa shape index (κ3) is 3.41. The van der Waals surface area contributed by atoms with Gasteiger partial charge in [0.25, 0.3) is 5.91 Å². The molecule has 2 aliphatic heterocycles. The quantitative estimate of drug-likeness (QED) is 0.802. The molecule has 128 valence electrons. The Hall–Kier alpha value is -2.41. The van der Waals surface area contributed by atoms with Crippen molar-refractivity contribution in [2.24, 2.45) is 0 Å². The number of hydrogen-bond acceptors (Lipinski definition) is 5. The summed E-state index contributed by atoms with van der Waals surface area (Å²) >= 11 is 0. The average molecular weight is 331 g/mol. The lowest BCUT2D eigenvalue weighted by molar-refractivity contribution is -0.123. The second-order valence-electron chi connectivity index (χ2n) is 6.05. The Bertz CT molecular complexity index is 644. The predicted octanol–water partition coefficient (Wildman–Crippen LogP) is 0.933. The number of carbonyl (C=O) groups is 3. The van der Waals surface area contributed by atoms with Crippen molar-refractivity contribution in [1.29, 1.82) is 0 Å². The van der Waals surface area contributed by atoms with Crippen LogP contribution in [0.2, 0.25) is 0 Å². The summed E-state index contributed by atoms with van der Waals surface area (Å²) in [5.74, 6) is 0.105. The Labute approximate surface area is 140 Å². The van der Waals surface area contributed by atoms with Gasteiger partial charge in [-0.3, -0.25) is 19.7 Å². The summed E-state index contributed by atoms with van der Waals surface area (Å²) in [6.07, 6.45) is 2.85. The topological polar surface area (TPSA) is 87.7 Å². The molecule has 3 rings (SSSR count). The van der Waals surface area contributed by atoms with E-state index >= 15 is 0 Å². The monoisotopic (exact) mass is 331 g/mol. The van der Waals surface area contributed by atoms with Crippen molar-refractivity contribution < 1.29 is 19.1 Å². The molecule has 0 aromatic heterocycles. The van der Waals surface area contributed by atoms with Gasteiger partial charge in [0.05, 0.1) is 31.4 Å². The van der Waals surface area contributed by atoms with Gasteiger partial charge in [0.2, 0.25) is 11.8 Å². The number of carbonyl (C=O) groups excluding carboxylic acids is 3. The van der Waals surface area contributed by atoms with Gasteiger partial charge in [-0.05, 0) is 43.5 Å². The summed E-state index contributed by atoms with van der Waals surface area (Å²) in [4.78, 5) is 37.7. The molecule has 2 saturated heterocycles. The zero-order valence-corrected chi connectivity index (χ0v) is 13.6. The third-order valence-corrected chi connectivity index (χ3v) is 4.36. The highest BCUT2D eigenvalue weighted by Gasteiger charge is 2.40. The summed E-state index contributed by atoms with van der Waals surface area (Å²) in [6, 6.07) is 6.18. The van der Waals surface area contributed by atoms with Crippen molar-refractivity contribution >= 4 is 23.4 Å². The van der Waals surface area contributed by atoms with Gasteiger partial charge in [0.15, 0.2) is 0 Å². The molecule has 2 atom stereocenters. The molecule has 2 fully saturated rings. The maximum Gasteiger partial charge on any atom is 0.251 e. The van der Waals surface area contributed by atoms with Crippen molar-refractivity contribution in [2.75, 3.05) is 12.0 Å². The maximum absolute atomic E-state index is 12.6. The van der Waals surface area contributed by atoms with Crippen LogP contribution in [0.5, 0.6) is 5.75 Å². The summed E-state index contributed by atoms with van der Waals surface area (Å²) < 4.78 is 5.09. The van der Waals surface area contributed by atoms with Crippen LogP contribution >= 0.6 is 0 Å². The number of imide groups is 1. The first-order chi connectivity index (χ1) is 11.6. The van der Waals surface area contributed by atoms with Crippen LogP contribution in [-0.2, 0) is 14.4 Å². The van der Waals surface area contributed by atoms with Gasteiger partial charge in [0.1, 0.15) is 5.75 Å². The van der Waals surface area contributed by atoms with E-state index in [1.807, 2.05) is 0 Å². The van der Waals surface area contributed by atoms with Gasteiger partial charge in [0, 0.05) is 6.42 Å². The van der Waals surface area contributed by atoms with E-state index in [0.717, 1.165) is 19.3 Å². The first-order valence-electron chi connectivity index (χ1n) is 8.15. The lowest BCUT2D eigenvalue weighted by Gasteiger charge is -2.21. The molecule has 24 heavy (non-hydrogen) atoms. The number of hydrogen-bond donors (Lipinski definition) is 2. The SMILES string of the molecule is COc1ccc(N2C(=O)C[C@@H](N[C@H]3CCCCC(=O)N3)C2=O)cc1. The van der Waals surface area contributed by atoms with Crippen LogP contribution in [0.4, 0.5) is 5.69 Å². The summed E-state index contributed by atoms with van der Waals surface area (Å²) in [7, 11) is 1.56. The molecule has 0 bridgehead atoms. The standard InChI is InChI=1S/C17H21N3O4/c1-24-12-8-6-11(7-9-12)20-16(22)10-13(17(20)23)18-14-4-2-3-5-15(21)19-14/h6-9,13-14,18H,2-5,10H2,1H3,(H,19,21)/t13-,14-/m1/s1. The van der Waals surface area contributed by atoms with E-state index < -0.39 is 6.04 Å². The van der Waals surface area contributed by atoms with E-state index in [-0.39, 0.29) is 30.3 Å². The molecular weight excluding hydrogens is 310 g/mol. The summed E-state index contributed by atoms with van der Waals surface area (Å²) in [5, 5.41) is 5.98. The molecule has 1 aromatic rings. The van der Waals surface area contributed by atoms with Gasteiger partial charge >= 0.3 is 0 Å². The first kappa shape index (κ1) is 16.4. The molecule has 1 aromatic carbocycles. The molecule has 2 aliphatic rings. The molecular formula is C17H21N3O4. The van der Waals surface area contributed by atoms with Crippen molar-refractivity contribution in [1.82, 2.24) is 10.6 Å². The Morgan fingerprint density at radius 1 is 1.17 bits per heavy atom. The lowest BCUT2D eigenvalue weighted by Crippen LogP contribution is -2.51. The fraction of sp³-hybridized carbons (Fsp3) is 0.471. The van der Waals surface area contributed by atoms with Gasteiger partial charge in [-0.15, -0.1) is 0 Å². The normalized spacial score (nSPS) is 24.7. The largest absolute Gasteiger partial charge is 0.497 e. The molecule has 0 spiro atoms. The molecule has 3 amide bonds. The van der Waals surface area contributed by atoms with Crippen LogP contribution in [0, 0.1) is 0 Å². The van der Waals surface area contributed by atoms with Crippen molar-refractivity contribution in [3.05, 3.63) is 24.3 Å². The molecule has 7 heteroatoms. The second-order valence-corrected chi connectivity index (χ2v) is 6.05. The molecule has 0 saturated carbocycles. The Kier molecular flexibility index (Phi) is 4.80. The van der Waals surface area contributed by atoms with Crippen LogP contribution in [0.25, 0.3) is 0 Å². The Morgan fingerprint density at radius 3 is 2.62 bits per heavy atom. The highest BCUT2D eigenvalue weighted by atomic mass is 16.5. The number of methoxy groups -OCH3 is 1. The molecule has 2 N–H and O–H groups in total. The number of anilines is 1. The van der Waals surface area contributed by atoms with E-state index in [1.54, 1.807) is 31.4 Å². The zero-order valence-electron chi connectivity index (χ0n) is 13.6. The lowest BCUT2D eigenvalue weighted by atomic mass is 10.2.